The number of allylic oxidation sites excluding steroid dienone is 2. The van der Waals surface area contributed by atoms with Crippen LogP contribution in [-0.2, 0) is 14.3 Å². The Bertz CT molecular complexity index is 222. The molecule has 0 saturated carbocycles. The number of hydrogen-bond donors (Lipinski definition) is 0. The van der Waals surface area contributed by atoms with Crippen molar-refractivity contribution in [1.82, 2.24) is 0 Å². The van der Waals surface area contributed by atoms with Gasteiger partial charge in [-0.3, -0.25) is 9.59 Å². The molecule has 0 N–H and O–H groups in total. The van der Waals surface area contributed by atoms with Crippen LogP contribution in [0.1, 0.15) is 27.2 Å². The molecule has 0 spiro atoms. The highest BCUT2D eigenvalue weighted by Crippen LogP contribution is 2.05. The molecule has 0 bridgehead atoms. The lowest BCUT2D eigenvalue weighted by atomic mass is 10.1. The Kier molecular flexibility index (Phi) is 4.26. The maximum Gasteiger partial charge on any atom is 0.313 e. The first kappa shape index (κ1) is 10.9. The number of methoxy groups -OCH3 is 1. The lowest BCUT2D eigenvalue weighted by molar-refractivity contribution is -0.142. The van der Waals surface area contributed by atoms with E-state index in [1.54, 1.807) is 6.92 Å². The molecule has 0 aliphatic heterocycles. The standard InChI is InChI=1S/C9H14O3/c1-6(2)7(3)8(10)5-9(11)12-4/h5H2,1-4H3. The van der Waals surface area contributed by atoms with Crippen LogP contribution >= 0.6 is 0 Å². The van der Waals surface area contributed by atoms with E-state index in [-0.39, 0.29) is 12.2 Å². The third kappa shape index (κ3) is 3.32. The first-order valence-electron chi connectivity index (χ1n) is 3.73. The van der Waals surface area contributed by atoms with E-state index in [9.17, 15) is 9.59 Å². The molecule has 0 saturated heterocycles. The van der Waals surface area contributed by atoms with Gasteiger partial charge in [0.25, 0.3) is 0 Å². The van der Waals surface area contributed by atoms with E-state index in [0.717, 1.165) is 5.57 Å². The fourth-order valence-electron chi connectivity index (χ4n) is 0.615. The lowest BCUT2D eigenvalue weighted by Gasteiger charge is -2.01. The molecule has 0 aromatic rings. The number of hydrogen-bond acceptors (Lipinski definition) is 3. The van der Waals surface area contributed by atoms with Gasteiger partial charge in [0.2, 0.25) is 0 Å². The van der Waals surface area contributed by atoms with Crippen molar-refractivity contribution >= 4 is 11.8 Å². The van der Waals surface area contributed by atoms with Crippen molar-refractivity contribution < 1.29 is 14.3 Å². The summed E-state index contributed by atoms with van der Waals surface area (Å²) in [5.41, 5.74) is 1.57. The summed E-state index contributed by atoms with van der Waals surface area (Å²) in [6.45, 7) is 5.38. The molecule has 0 aliphatic rings. The van der Waals surface area contributed by atoms with E-state index >= 15 is 0 Å². The Morgan fingerprint density at radius 3 is 2.00 bits per heavy atom. The maximum absolute atomic E-state index is 11.2. The summed E-state index contributed by atoms with van der Waals surface area (Å²) in [4.78, 5) is 21.9. The molecule has 0 radical (unpaired) electrons. The smallest absolute Gasteiger partial charge is 0.313 e. The van der Waals surface area contributed by atoms with Gasteiger partial charge < -0.3 is 4.74 Å². The van der Waals surface area contributed by atoms with Crippen LogP contribution < -0.4 is 0 Å². The van der Waals surface area contributed by atoms with Crippen molar-refractivity contribution in [3.63, 3.8) is 0 Å². The normalized spacial score (nSPS) is 9.00. The first-order valence-corrected chi connectivity index (χ1v) is 3.73. The van der Waals surface area contributed by atoms with Gasteiger partial charge in [-0.25, -0.2) is 0 Å². The van der Waals surface area contributed by atoms with Gasteiger partial charge in [0, 0.05) is 0 Å². The second-order valence-electron chi connectivity index (χ2n) is 2.80. The van der Waals surface area contributed by atoms with E-state index in [0.29, 0.717) is 5.57 Å². The van der Waals surface area contributed by atoms with E-state index in [2.05, 4.69) is 4.74 Å². The van der Waals surface area contributed by atoms with Gasteiger partial charge in [0.05, 0.1) is 7.11 Å². The largest absolute Gasteiger partial charge is 0.469 e. The number of carbonyl (C=O) groups is 2. The molecule has 3 nitrogen and oxygen atoms in total. The van der Waals surface area contributed by atoms with Crippen LogP contribution in [0, 0.1) is 0 Å². The highest BCUT2D eigenvalue weighted by molar-refractivity contribution is 6.05. The Balaban J connectivity index is 4.25. The van der Waals surface area contributed by atoms with Crippen LogP contribution in [0.4, 0.5) is 0 Å². The zero-order valence-corrected chi connectivity index (χ0v) is 7.93. The van der Waals surface area contributed by atoms with Crippen molar-refractivity contribution in [2.75, 3.05) is 7.11 Å². The van der Waals surface area contributed by atoms with Crippen LogP contribution in [0.5, 0.6) is 0 Å². The van der Waals surface area contributed by atoms with Gasteiger partial charge in [0.1, 0.15) is 6.42 Å². The Morgan fingerprint density at radius 2 is 1.67 bits per heavy atom. The van der Waals surface area contributed by atoms with E-state index < -0.39 is 5.97 Å². The lowest BCUT2D eigenvalue weighted by Crippen LogP contribution is -2.10. The molecule has 0 atom stereocenters. The van der Waals surface area contributed by atoms with Gasteiger partial charge in [-0.2, -0.15) is 0 Å². The number of ether oxygens (including phenoxy) is 1. The summed E-state index contributed by atoms with van der Waals surface area (Å²) in [6.07, 6.45) is -0.159. The van der Waals surface area contributed by atoms with Gasteiger partial charge in [-0.1, -0.05) is 5.57 Å². The minimum atomic E-state index is -0.486. The first-order chi connectivity index (χ1) is 5.49. The molecule has 0 heterocycles. The average molecular weight is 170 g/mol. The molecular weight excluding hydrogens is 156 g/mol. The fraction of sp³-hybridized carbons (Fsp3) is 0.556. The van der Waals surface area contributed by atoms with Crippen LogP contribution in [0.2, 0.25) is 0 Å². The summed E-state index contributed by atoms with van der Waals surface area (Å²) >= 11 is 0. The number of carbonyl (C=O) groups excluding carboxylic acids is 2. The van der Waals surface area contributed by atoms with Gasteiger partial charge in [-0.05, 0) is 26.3 Å². The van der Waals surface area contributed by atoms with Crippen molar-refractivity contribution in [3.05, 3.63) is 11.1 Å². The van der Waals surface area contributed by atoms with Crippen LogP contribution in [0.3, 0.4) is 0 Å². The van der Waals surface area contributed by atoms with Crippen LogP contribution in [0.25, 0.3) is 0 Å². The third-order valence-corrected chi connectivity index (χ3v) is 1.70. The van der Waals surface area contributed by atoms with Crippen molar-refractivity contribution in [2.45, 2.75) is 27.2 Å². The molecule has 0 aromatic heterocycles. The van der Waals surface area contributed by atoms with Crippen LogP contribution in [0.15, 0.2) is 11.1 Å². The summed E-state index contributed by atoms with van der Waals surface area (Å²) < 4.78 is 4.37. The fourth-order valence-corrected chi connectivity index (χ4v) is 0.615. The second kappa shape index (κ2) is 4.70. The van der Waals surface area contributed by atoms with E-state index in [1.807, 2.05) is 13.8 Å². The molecule has 0 fully saturated rings. The monoisotopic (exact) mass is 170 g/mol. The summed E-state index contributed by atoms with van der Waals surface area (Å²) in [5, 5.41) is 0. The van der Waals surface area contributed by atoms with Gasteiger partial charge in [-0.15, -0.1) is 0 Å². The zero-order chi connectivity index (χ0) is 9.72. The molecule has 68 valence electrons. The Labute approximate surface area is 72.4 Å². The van der Waals surface area contributed by atoms with Crippen molar-refractivity contribution in [2.24, 2.45) is 0 Å². The maximum atomic E-state index is 11.2. The van der Waals surface area contributed by atoms with E-state index in [4.69, 9.17) is 0 Å². The number of rotatable bonds is 3. The molecular formula is C9H14O3. The van der Waals surface area contributed by atoms with Gasteiger partial charge in [0.15, 0.2) is 5.78 Å². The van der Waals surface area contributed by atoms with E-state index in [1.165, 1.54) is 7.11 Å². The minimum absolute atomic E-state index is 0.159. The van der Waals surface area contributed by atoms with Gasteiger partial charge >= 0.3 is 5.97 Å². The quantitative estimate of drug-likeness (QED) is 0.366. The SMILES string of the molecule is COC(=O)CC(=O)C(C)=C(C)C. The number of Topliss-reactive ketones (excluding diaryl/α,β-unsaturated/α-hetero) is 1. The molecule has 0 aromatic carbocycles. The molecule has 0 amide bonds. The predicted molar refractivity (Wildman–Crippen MR) is 45.7 cm³/mol. The summed E-state index contributed by atoms with van der Waals surface area (Å²) in [6, 6.07) is 0. The number of esters is 1. The summed E-state index contributed by atoms with van der Waals surface area (Å²) in [7, 11) is 1.27. The number of ketones is 1. The van der Waals surface area contributed by atoms with Crippen molar-refractivity contribution in [3.8, 4) is 0 Å². The minimum Gasteiger partial charge on any atom is -0.469 e. The van der Waals surface area contributed by atoms with Crippen molar-refractivity contribution in [1.29, 1.82) is 0 Å². The molecule has 0 rings (SSSR count). The predicted octanol–water partition coefficient (Wildman–Crippen LogP) is 1.47. The average Bonchev–Trinajstić information content (AvgIpc) is 2.02. The third-order valence-electron chi connectivity index (χ3n) is 1.70. The molecule has 0 unspecified atom stereocenters. The highest BCUT2D eigenvalue weighted by Gasteiger charge is 2.11. The zero-order valence-electron chi connectivity index (χ0n) is 7.93. The van der Waals surface area contributed by atoms with Crippen LogP contribution in [-0.4, -0.2) is 18.9 Å². The topological polar surface area (TPSA) is 43.4 Å². The Morgan fingerprint density at radius 1 is 1.17 bits per heavy atom. The summed E-state index contributed by atoms with van der Waals surface area (Å²) in [5.74, 6) is -0.651. The molecule has 12 heavy (non-hydrogen) atoms. The highest BCUT2D eigenvalue weighted by atomic mass is 16.5. The molecule has 3 heteroatoms. The Hall–Kier alpha value is -1.12. The molecule has 0 aliphatic carbocycles. The second-order valence-corrected chi connectivity index (χ2v) is 2.80.